The molecule has 0 N–H and O–H groups in total. The normalized spacial score (nSPS) is 13.8. The highest BCUT2D eigenvalue weighted by Crippen LogP contribution is 2.31. The highest BCUT2D eigenvalue weighted by atomic mass is 16.1. The number of fused-ring (bicyclic) bond motifs is 1. The Morgan fingerprint density at radius 3 is 2.39 bits per heavy atom. The van der Waals surface area contributed by atoms with Gasteiger partial charge < -0.3 is 0 Å². The van der Waals surface area contributed by atoms with Crippen LogP contribution in [-0.4, -0.2) is 5.78 Å². The Hall–Kier alpha value is -1.89. The molecular formula is C17H16O. The van der Waals surface area contributed by atoms with E-state index in [1.165, 1.54) is 27.8 Å². The molecule has 0 spiro atoms. The minimum Gasteiger partial charge on any atom is -0.294 e. The number of benzene rings is 2. The lowest BCUT2D eigenvalue weighted by Crippen LogP contribution is -1.93. The maximum atomic E-state index is 11.6. The molecule has 0 aliphatic heterocycles. The van der Waals surface area contributed by atoms with E-state index in [1.54, 1.807) is 0 Å². The molecule has 0 aromatic heterocycles. The predicted molar refractivity (Wildman–Crippen MR) is 74.0 cm³/mol. The van der Waals surface area contributed by atoms with Crippen molar-refractivity contribution in [2.24, 2.45) is 0 Å². The zero-order valence-electron chi connectivity index (χ0n) is 10.8. The fraction of sp³-hybridized carbons (Fsp3) is 0.235. The first-order chi connectivity index (χ1) is 8.66. The Balaban J connectivity index is 2.17. The number of carbonyl (C=O) groups excluding carboxylic acids is 1. The fourth-order valence-corrected chi connectivity index (χ4v) is 2.88. The highest BCUT2D eigenvalue weighted by Gasteiger charge is 2.19. The average molecular weight is 236 g/mol. The lowest BCUT2D eigenvalue weighted by molar-refractivity contribution is 0.0994. The average Bonchev–Trinajstić information content (AvgIpc) is 2.71. The Bertz CT molecular complexity index is 618. The number of aryl methyl sites for hydroxylation is 3. The van der Waals surface area contributed by atoms with Gasteiger partial charge in [0.1, 0.15) is 0 Å². The molecule has 18 heavy (non-hydrogen) atoms. The molecule has 1 aliphatic carbocycles. The molecule has 1 aliphatic rings. The zero-order chi connectivity index (χ0) is 12.7. The molecule has 0 bridgehead atoms. The summed E-state index contributed by atoms with van der Waals surface area (Å²) in [5.41, 5.74) is 7.25. The molecule has 1 nitrogen and oxygen atoms in total. The van der Waals surface area contributed by atoms with E-state index in [0.717, 1.165) is 12.0 Å². The lowest BCUT2D eigenvalue weighted by Gasteiger charge is -2.11. The summed E-state index contributed by atoms with van der Waals surface area (Å²) >= 11 is 0. The topological polar surface area (TPSA) is 17.1 Å². The standard InChI is InChI=1S/C17H16O/c1-11-4-3-5-12(2)17(11)14-6-8-15-13(10-14)7-9-16(15)18/h3-6,8,10H,7,9H2,1-2H3. The van der Waals surface area contributed by atoms with Gasteiger partial charge in [-0.25, -0.2) is 0 Å². The summed E-state index contributed by atoms with van der Waals surface area (Å²) < 4.78 is 0. The monoisotopic (exact) mass is 236 g/mol. The molecule has 3 rings (SSSR count). The lowest BCUT2D eigenvalue weighted by atomic mass is 9.93. The van der Waals surface area contributed by atoms with E-state index in [0.29, 0.717) is 6.42 Å². The minimum absolute atomic E-state index is 0.290. The smallest absolute Gasteiger partial charge is 0.163 e. The van der Waals surface area contributed by atoms with E-state index in [2.05, 4.69) is 44.2 Å². The van der Waals surface area contributed by atoms with Crippen molar-refractivity contribution < 1.29 is 4.79 Å². The second-order valence-electron chi connectivity index (χ2n) is 5.06. The molecule has 0 amide bonds. The van der Waals surface area contributed by atoms with E-state index in [9.17, 15) is 4.79 Å². The van der Waals surface area contributed by atoms with Gasteiger partial charge in [0.2, 0.25) is 0 Å². The number of ketones is 1. The van der Waals surface area contributed by atoms with Crippen molar-refractivity contribution in [3.05, 3.63) is 58.7 Å². The Kier molecular flexibility index (Phi) is 2.55. The van der Waals surface area contributed by atoms with E-state index < -0.39 is 0 Å². The van der Waals surface area contributed by atoms with Crippen molar-refractivity contribution in [3.63, 3.8) is 0 Å². The third kappa shape index (κ3) is 1.67. The van der Waals surface area contributed by atoms with Gasteiger partial charge in [0, 0.05) is 12.0 Å². The van der Waals surface area contributed by atoms with Gasteiger partial charge in [-0.3, -0.25) is 4.79 Å². The third-order valence-corrected chi connectivity index (χ3v) is 3.80. The van der Waals surface area contributed by atoms with Crippen LogP contribution in [0, 0.1) is 13.8 Å². The number of carbonyl (C=O) groups is 1. The Morgan fingerprint density at radius 2 is 1.67 bits per heavy atom. The van der Waals surface area contributed by atoms with Crippen LogP contribution in [0.4, 0.5) is 0 Å². The maximum Gasteiger partial charge on any atom is 0.163 e. The van der Waals surface area contributed by atoms with Crippen LogP contribution in [0.3, 0.4) is 0 Å². The summed E-state index contributed by atoms with van der Waals surface area (Å²) in [6.07, 6.45) is 1.57. The first-order valence-corrected chi connectivity index (χ1v) is 6.39. The molecule has 0 saturated heterocycles. The van der Waals surface area contributed by atoms with Crippen molar-refractivity contribution in [2.75, 3.05) is 0 Å². The summed E-state index contributed by atoms with van der Waals surface area (Å²) in [6.45, 7) is 4.28. The van der Waals surface area contributed by atoms with Gasteiger partial charge in [-0.05, 0) is 48.1 Å². The van der Waals surface area contributed by atoms with Crippen molar-refractivity contribution in [1.29, 1.82) is 0 Å². The van der Waals surface area contributed by atoms with Crippen LogP contribution in [0.2, 0.25) is 0 Å². The number of hydrogen-bond acceptors (Lipinski definition) is 1. The molecule has 0 radical (unpaired) electrons. The number of Topliss-reactive ketones (excluding diaryl/α,β-unsaturated/α-hetero) is 1. The molecule has 0 atom stereocenters. The molecular weight excluding hydrogens is 220 g/mol. The summed E-state index contributed by atoms with van der Waals surface area (Å²) in [5.74, 6) is 0.290. The van der Waals surface area contributed by atoms with Crippen LogP contribution in [0.5, 0.6) is 0 Å². The first kappa shape index (κ1) is 11.2. The van der Waals surface area contributed by atoms with E-state index in [-0.39, 0.29) is 5.78 Å². The van der Waals surface area contributed by atoms with Gasteiger partial charge in [0.25, 0.3) is 0 Å². The zero-order valence-corrected chi connectivity index (χ0v) is 10.8. The Morgan fingerprint density at radius 1 is 0.944 bits per heavy atom. The van der Waals surface area contributed by atoms with Crippen LogP contribution in [0.1, 0.15) is 33.5 Å². The van der Waals surface area contributed by atoms with E-state index in [4.69, 9.17) is 0 Å². The van der Waals surface area contributed by atoms with Gasteiger partial charge in [-0.1, -0.05) is 36.4 Å². The highest BCUT2D eigenvalue weighted by molar-refractivity contribution is 6.01. The maximum absolute atomic E-state index is 11.6. The van der Waals surface area contributed by atoms with Gasteiger partial charge >= 0.3 is 0 Å². The quantitative estimate of drug-likeness (QED) is 0.728. The fourth-order valence-electron chi connectivity index (χ4n) is 2.88. The molecule has 1 heteroatoms. The number of rotatable bonds is 1. The number of hydrogen-bond donors (Lipinski definition) is 0. The molecule has 2 aromatic rings. The van der Waals surface area contributed by atoms with Crippen molar-refractivity contribution in [2.45, 2.75) is 26.7 Å². The van der Waals surface area contributed by atoms with Gasteiger partial charge in [0.15, 0.2) is 5.78 Å². The van der Waals surface area contributed by atoms with Gasteiger partial charge in [0.05, 0.1) is 0 Å². The molecule has 90 valence electrons. The summed E-state index contributed by atoms with van der Waals surface area (Å²) in [5, 5.41) is 0. The van der Waals surface area contributed by atoms with Gasteiger partial charge in [-0.15, -0.1) is 0 Å². The Labute approximate surface area is 107 Å². The van der Waals surface area contributed by atoms with Crippen molar-refractivity contribution >= 4 is 5.78 Å². The molecule has 0 heterocycles. The summed E-state index contributed by atoms with van der Waals surface area (Å²) in [7, 11) is 0. The summed E-state index contributed by atoms with van der Waals surface area (Å²) in [6, 6.07) is 12.6. The molecule has 0 fully saturated rings. The third-order valence-electron chi connectivity index (χ3n) is 3.80. The largest absolute Gasteiger partial charge is 0.294 e. The predicted octanol–water partition coefficient (Wildman–Crippen LogP) is 4.10. The van der Waals surface area contributed by atoms with Crippen molar-refractivity contribution in [1.82, 2.24) is 0 Å². The van der Waals surface area contributed by atoms with Crippen LogP contribution >= 0.6 is 0 Å². The summed E-state index contributed by atoms with van der Waals surface area (Å²) in [4.78, 5) is 11.6. The molecule has 2 aromatic carbocycles. The second-order valence-corrected chi connectivity index (χ2v) is 5.06. The van der Waals surface area contributed by atoms with E-state index in [1.807, 2.05) is 6.07 Å². The van der Waals surface area contributed by atoms with E-state index >= 15 is 0 Å². The molecule has 0 unspecified atom stereocenters. The van der Waals surface area contributed by atoms with Crippen LogP contribution in [0.15, 0.2) is 36.4 Å². The van der Waals surface area contributed by atoms with Gasteiger partial charge in [-0.2, -0.15) is 0 Å². The SMILES string of the molecule is Cc1cccc(C)c1-c1ccc2c(c1)CCC2=O. The van der Waals surface area contributed by atoms with Crippen LogP contribution < -0.4 is 0 Å². The van der Waals surface area contributed by atoms with Crippen molar-refractivity contribution in [3.8, 4) is 11.1 Å². The van der Waals surface area contributed by atoms with Crippen LogP contribution in [-0.2, 0) is 6.42 Å². The molecule has 0 saturated carbocycles. The first-order valence-electron chi connectivity index (χ1n) is 6.39. The second kappa shape index (κ2) is 4.09. The van der Waals surface area contributed by atoms with Crippen LogP contribution in [0.25, 0.3) is 11.1 Å². The minimum atomic E-state index is 0.290.